The van der Waals surface area contributed by atoms with E-state index in [0.717, 1.165) is 31.9 Å². The van der Waals surface area contributed by atoms with Gasteiger partial charge in [0.15, 0.2) is 5.78 Å². The Balaban J connectivity index is 1.34. The molecule has 2 aromatic carbocycles. The van der Waals surface area contributed by atoms with Gasteiger partial charge < -0.3 is 19.9 Å². The van der Waals surface area contributed by atoms with Crippen molar-refractivity contribution in [2.75, 3.05) is 43.4 Å². The van der Waals surface area contributed by atoms with Crippen LogP contribution in [0.1, 0.15) is 30.2 Å². The lowest BCUT2D eigenvalue weighted by atomic mass is 9.87. The number of hydrogen-bond donors (Lipinski definition) is 1. The van der Waals surface area contributed by atoms with E-state index < -0.39 is 11.6 Å². The van der Waals surface area contributed by atoms with Crippen LogP contribution in [0.3, 0.4) is 0 Å². The third kappa shape index (κ3) is 4.28. The Morgan fingerprint density at radius 1 is 0.947 bits per heavy atom. The number of likely N-dealkylation sites (N-methyl/N-ethyl adjacent to an activating group) is 1. The number of carbonyl (C=O) groups is 1. The maximum Gasteiger partial charge on any atom is 0.253 e. The number of ketones is 1. The van der Waals surface area contributed by atoms with Crippen LogP contribution in [0.15, 0.2) is 71.7 Å². The third-order valence-corrected chi connectivity index (χ3v) is 7.35. The molecule has 1 unspecified atom stereocenters. The normalized spacial score (nSPS) is 19.2. The SMILES string of the molecule is CN1CCN(c2ccc(Nc3ncc4ccc(=O)n(C5C(=O)c6ccccc6OC5(C)C)c4n3)cc2)CC1. The maximum atomic E-state index is 13.7. The second kappa shape index (κ2) is 9.25. The predicted octanol–water partition coefficient (Wildman–Crippen LogP) is 3.88. The summed E-state index contributed by atoms with van der Waals surface area (Å²) in [5.74, 6) is 0.676. The molecule has 2 aliphatic heterocycles. The molecule has 6 rings (SSSR count). The standard InChI is InChI=1S/C29H30N6O3/c1-29(2)26(25(37)22-6-4-5-7-23(22)38-29)35-24(36)13-8-19-18-30-28(32-27(19)35)31-20-9-11-21(12-10-20)34-16-14-33(3)15-17-34/h4-13,18,26H,14-17H2,1-3H3,(H,30,31,32). The Labute approximate surface area is 220 Å². The first-order valence-electron chi connectivity index (χ1n) is 12.8. The zero-order valence-electron chi connectivity index (χ0n) is 21.7. The van der Waals surface area contributed by atoms with Crippen LogP contribution in [0, 0.1) is 0 Å². The van der Waals surface area contributed by atoms with Crippen molar-refractivity contribution in [2.24, 2.45) is 0 Å². The Hall–Kier alpha value is -4.24. The maximum absolute atomic E-state index is 13.7. The Morgan fingerprint density at radius 3 is 2.45 bits per heavy atom. The van der Waals surface area contributed by atoms with Gasteiger partial charge in [-0.05, 0) is 63.4 Å². The van der Waals surface area contributed by atoms with Gasteiger partial charge in [-0.3, -0.25) is 14.2 Å². The summed E-state index contributed by atoms with van der Waals surface area (Å²) in [6, 6.07) is 17.5. The van der Waals surface area contributed by atoms with Crippen molar-refractivity contribution in [1.29, 1.82) is 0 Å². The summed E-state index contributed by atoms with van der Waals surface area (Å²) in [6.07, 6.45) is 1.66. The zero-order valence-corrected chi connectivity index (χ0v) is 21.7. The molecule has 1 saturated heterocycles. The molecule has 2 aromatic heterocycles. The molecule has 0 bridgehead atoms. The van der Waals surface area contributed by atoms with E-state index in [-0.39, 0.29) is 11.3 Å². The molecule has 0 radical (unpaired) electrons. The molecule has 194 valence electrons. The van der Waals surface area contributed by atoms with E-state index >= 15 is 0 Å². The fourth-order valence-electron chi connectivity index (χ4n) is 5.29. The lowest BCUT2D eigenvalue weighted by Gasteiger charge is -2.39. The molecule has 0 spiro atoms. The number of fused-ring (bicyclic) bond motifs is 2. The predicted molar refractivity (Wildman–Crippen MR) is 148 cm³/mol. The Kier molecular flexibility index (Phi) is 5.87. The van der Waals surface area contributed by atoms with Crippen LogP contribution in [-0.4, -0.2) is 64.0 Å². The van der Waals surface area contributed by atoms with Crippen LogP contribution in [0.2, 0.25) is 0 Å². The number of carbonyl (C=O) groups excluding carboxylic acids is 1. The van der Waals surface area contributed by atoms with Crippen molar-refractivity contribution >= 4 is 34.1 Å². The van der Waals surface area contributed by atoms with Crippen molar-refractivity contribution in [3.8, 4) is 5.75 Å². The zero-order chi connectivity index (χ0) is 26.4. The van der Waals surface area contributed by atoms with E-state index in [0.29, 0.717) is 28.3 Å². The first kappa shape index (κ1) is 24.1. The first-order chi connectivity index (χ1) is 18.3. The van der Waals surface area contributed by atoms with E-state index in [4.69, 9.17) is 9.72 Å². The third-order valence-electron chi connectivity index (χ3n) is 7.35. The smallest absolute Gasteiger partial charge is 0.253 e. The molecule has 4 aromatic rings. The topological polar surface area (TPSA) is 92.6 Å². The van der Waals surface area contributed by atoms with Crippen LogP contribution in [0.4, 0.5) is 17.3 Å². The summed E-state index contributed by atoms with van der Waals surface area (Å²) < 4.78 is 7.65. The van der Waals surface area contributed by atoms with Crippen LogP contribution in [-0.2, 0) is 0 Å². The number of pyridine rings is 1. The Morgan fingerprint density at radius 2 is 1.68 bits per heavy atom. The highest BCUT2D eigenvalue weighted by molar-refractivity contribution is 6.03. The summed E-state index contributed by atoms with van der Waals surface area (Å²) in [5.41, 5.74) is 1.54. The molecule has 9 heteroatoms. The number of hydrogen-bond acceptors (Lipinski definition) is 8. The van der Waals surface area contributed by atoms with Crippen molar-refractivity contribution in [3.05, 3.63) is 82.8 Å². The van der Waals surface area contributed by atoms with Gasteiger partial charge in [-0.25, -0.2) is 4.98 Å². The quantitative estimate of drug-likeness (QED) is 0.442. The molecule has 0 saturated carbocycles. The molecule has 1 fully saturated rings. The number of anilines is 3. The van der Waals surface area contributed by atoms with Gasteiger partial charge in [-0.1, -0.05) is 12.1 Å². The number of nitrogens with zero attached hydrogens (tertiary/aromatic N) is 5. The Bertz CT molecular complexity index is 1570. The van der Waals surface area contributed by atoms with Gasteiger partial charge >= 0.3 is 0 Å². The minimum absolute atomic E-state index is 0.181. The van der Waals surface area contributed by atoms with E-state index in [9.17, 15) is 9.59 Å². The van der Waals surface area contributed by atoms with Gasteiger partial charge in [-0.2, -0.15) is 4.98 Å². The number of rotatable bonds is 4. The van der Waals surface area contributed by atoms with Crippen LogP contribution >= 0.6 is 0 Å². The summed E-state index contributed by atoms with van der Waals surface area (Å²) in [5, 5.41) is 3.91. The first-order valence-corrected chi connectivity index (χ1v) is 12.8. The molecular weight excluding hydrogens is 480 g/mol. The molecule has 1 N–H and O–H groups in total. The van der Waals surface area contributed by atoms with Crippen LogP contribution < -0.4 is 20.5 Å². The number of piperazine rings is 1. The largest absolute Gasteiger partial charge is 0.484 e. The fourth-order valence-corrected chi connectivity index (χ4v) is 5.29. The second-order valence-electron chi connectivity index (χ2n) is 10.4. The molecule has 0 aliphatic carbocycles. The van der Waals surface area contributed by atoms with Crippen molar-refractivity contribution < 1.29 is 9.53 Å². The van der Waals surface area contributed by atoms with Gasteiger partial charge in [0.05, 0.1) is 5.56 Å². The fraction of sp³-hybridized carbons (Fsp3) is 0.310. The highest BCUT2D eigenvalue weighted by Crippen LogP contribution is 2.39. The lowest BCUT2D eigenvalue weighted by Crippen LogP contribution is -2.50. The average molecular weight is 511 g/mol. The van der Waals surface area contributed by atoms with Gasteiger partial charge in [0.2, 0.25) is 5.95 Å². The minimum Gasteiger partial charge on any atom is -0.484 e. The molecule has 38 heavy (non-hydrogen) atoms. The lowest BCUT2D eigenvalue weighted by molar-refractivity contribution is 0.0304. The monoisotopic (exact) mass is 510 g/mol. The molecule has 1 atom stereocenters. The highest BCUT2D eigenvalue weighted by Gasteiger charge is 2.45. The van der Waals surface area contributed by atoms with Crippen LogP contribution in [0.5, 0.6) is 5.75 Å². The number of para-hydroxylation sites is 1. The van der Waals surface area contributed by atoms with E-state index in [1.807, 2.05) is 32.0 Å². The van der Waals surface area contributed by atoms with E-state index in [1.54, 1.807) is 30.5 Å². The molecule has 0 amide bonds. The summed E-state index contributed by atoms with van der Waals surface area (Å²) >= 11 is 0. The number of aromatic nitrogens is 3. The average Bonchev–Trinajstić information content (AvgIpc) is 2.90. The van der Waals surface area contributed by atoms with Gasteiger partial charge in [0.25, 0.3) is 5.56 Å². The summed E-state index contributed by atoms with van der Waals surface area (Å²) in [7, 11) is 2.14. The number of nitrogens with one attached hydrogen (secondary N) is 1. The van der Waals surface area contributed by atoms with Gasteiger partial charge in [-0.15, -0.1) is 0 Å². The van der Waals surface area contributed by atoms with Crippen molar-refractivity contribution in [2.45, 2.75) is 25.5 Å². The number of Topliss-reactive ketones (excluding diaryl/α,β-unsaturated/α-hetero) is 1. The number of benzene rings is 2. The highest BCUT2D eigenvalue weighted by atomic mass is 16.5. The molecular formula is C29H30N6O3. The minimum atomic E-state index is -0.971. The van der Waals surface area contributed by atoms with Crippen molar-refractivity contribution in [1.82, 2.24) is 19.4 Å². The summed E-state index contributed by atoms with van der Waals surface area (Å²) in [6.45, 7) is 7.73. The van der Waals surface area contributed by atoms with E-state index in [1.165, 1.54) is 16.3 Å². The number of ether oxygens (including phenoxy) is 1. The van der Waals surface area contributed by atoms with Crippen LogP contribution in [0.25, 0.3) is 11.0 Å². The molecule has 4 heterocycles. The van der Waals surface area contributed by atoms with Crippen molar-refractivity contribution in [3.63, 3.8) is 0 Å². The van der Waals surface area contributed by atoms with E-state index in [2.05, 4.69) is 39.3 Å². The second-order valence-corrected chi connectivity index (χ2v) is 10.4. The summed E-state index contributed by atoms with van der Waals surface area (Å²) in [4.78, 5) is 40.8. The van der Waals surface area contributed by atoms with Gasteiger partial charge in [0.1, 0.15) is 23.0 Å². The van der Waals surface area contributed by atoms with Gasteiger partial charge in [0, 0.05) is 55.2 Å². The molecule has 2 aliphatic rings. The molecule has 9 nitrogen and oxygen atoms in total.